The fraction of sp³-hybridized carbons (Fsp3) is 0.179. The fourth-order valence-corrected chi connectivity index (χ4v) is 9.32. The third kappa shape index (κ3) is 8.47. The van der Waals surface area contributed by atoms with Crippen LogP contribution in [0, 0.1) is 30.4 Å². The van der Waals surface area contributed by atoms with E-state index in [4.69, 9.17) is 9.40 Å². The fourth-order valence-electron chi connectivity index (χ4n) is 8.28. The number of aryl methyl sites for hydroxylation is 1. The Morgan fingerprint density at radius 1 is 0.719 bits per heavy atom. The Kier molecular flexibility index (Phi) is 12.4. The first-order valence-corrected chi connectivity index (χ1v) is 25.1. The summed E-state index contributed by atoms with van der Waals surface area (Å²) in [7, 11) is -1.24. The van der Waals surface area contributed by atoms with E-state index in [9.17, 15) is 5.26 Å². The molecule has 0 aliphatic rings. The zero-order chi connectivity index (χ0) is 44.0. The standard InChI is InChI=1S/C41H31N4O.C15H18NSi.Ir/c1-24(2)34-21-29(28-17-16-26-10-5-6-11-27(26)20-28)22-35(25(3)4)38(34)45-37-15-8-7-14-36(37)44-40(45)33-13-9-12-31-32-19-18-30(23-42)43-41(32)46-39(31)33;1-12-5-7-13(8-6-12)15-10-9-14(11-16-15)17(2,3)4;/h5-12,14-22,24-25H,1-4H3;5-7,9-11H,1-4H3;/q2*-1;. The predicted octanol–water partition coefficient (Wildman–Crippen LogP) is 14.1. The number of furan rings is 1. The van der Waals surface area contributed by atoms with Crippen LogP contribution in [0.15, 0.2) is 144 Å². The first-order chi connectivity index (χ1) is 30.4. The van der Waals surface area contributed by atoms with Crippen LogP contribution in [0.5, 0.6) is 0 Å². The average molecular weight is 1030 g/mol. The Morgan fingerprint density at radius 2 is 1.45 bits per heavy atom. The molecular formula is C56H49IrN5OSi-2. The summed E-state index contributed by atoms with van der Waals surface area (Å²) in [5.41, 5.74) is 13.4. The zero-order valence-electron chi connectivity index (χ0n) is 37.4. The molecule has 0 fully saturated rings. The van der Waals surface area contributed by atoms with Crippen molar-refractivity contribution in [3.05, 3.63) is 174 Å². The Balaban J connectivity index is 0.000000262. The van der Waals surface area contributed by atoms with E-state index < -0.39 is 8.07 Å². The maximum absolute atomic E-state index is 9.45. The number of rotatable bonds is 7. The molecule has 10 aromatic rings. The largest absolute Gasteiger partial charge is 0.486 e. The number of aromatic nitrogens is 4. The molecule has 6 aromatic carbocycles. The second-order valence-electron chi connectivity index (χ2n) is 18.0. The molecule has 0 unspecified atom stereocenters. The number of para-hydroxylation sites is 2. The molecular weight excluding hydrogens is 979 g/mol. The number of hydrogen-bond donors (Lipinski definition) is 0. The SMILES string of the molecule is CC(C)c1cc(-c2ccc3ccccc3c2)cc(C(C)C)c1-n1c(-c2[c-]ccc3c2oc2nc(C#N)ccc23)nc2ccccc21.Cc1c[c-]c(-c2ccc([Si](C)(C)C)cn2)cc1.[Ir]. The number of benzene rings is 6. The summed E-state index contributed by atoms with van der Waals surface area (Å²) in [6, 6.07) is 55.1. The summed E-state index contributed by atoms with van der Waals surface area (Å²) in [6.45, 7) is 18.1. The molecule has 1 radical (unpaired) electrons. The van der Waals surface area contributed by atoms with Crippen molar-refractivity contribution in [1.29, 1.82) is 5.26 Å². The van der Waals surface area contributed by atoms with Crippen LogP contribution in [0.25, 0.3) is 83.3 Å². The molecule has 4 heterocycles. The first kappa shape index (κ1) is 44.1. The van der Waals surface area contributed by atoms with Gasteiger partial charge in [-0.25, -0.2) is 4.98 Å². The predicted molar refractivity (Wildman–Crippen MR) is 262 cm³/mol. The van der Waals surface area contributed by atoms with Gasteiger partial charge in [0.2, 0.25) is 5.71 Å². The molecule has 319 valence electrons. The molecule has 0 saturated carbocycles. The molecule has 0 N–H and O–H groups in total. The van der Waals surface area contributed by atoms with Gasteiger partial charge in [0.15, 0.2) is 0 Å². The van der Waals surface area contributed by atoms with Gasteiger partial charge in [0, 0.05) is 37.4 Å². The van der Waals surface area contributed by atoms with Gasteiger partial charge in [-0.3, -0.25) is 4.98 Å². The van der Waals surface area contributed by atoms with Crippen LogP contribution in [0.2, 0.25) is 19.6 Å². The molecule has 8 heteroatoms. The normalized spacial score (nSPS) is 11.6. The molecule has 0 aliphatic carbocycles. The van der Waals surface area contributed by atoms with Gasteiger partial charge in [-0.15, -0.1) is 53.6 Å². The second-order valence-corrected chi connectivity index (χ2v) is 23.0. The van der Waals surface area contributed by atoms with Gasteiger partial charge in [0.05, 0.1) is 30.5 Å². The van der Waals surface area contributed by atoms with Crippen LogP contribution in [0.1, 0.15) is 61.9 Å². The summed E-state index contributed by atoms with van der Waals surface area (Å²) < 4.78 is 8.69. The Bertz CT molecular complexity index is 3320. The van der Waals surface area contributed by atoms with Crippen LogP contribution >= 0.6 is 0 Å². The molecule has 10 rings (SSSR count). The summed E-state index contributed by atoms with van der Waals surface area (Å²) in [4.78, 5) is 14.2. The quantitative estimate of drug-likeness (QED) is 0.117. The second kappa shape index (κ2) is 17.9. The monoisotopic (exact) mass is 1030 g/mol. The van der Waals surface area contributed by atoms with Gasteiger partial charge in [0.25, 0.3) is 0 Å². The summed E-state index contributed by atoms with van der Waals surface area (Å²) in [5, 5.41) is 15.1. The van der Waals surface area contributed by atoms with Gasteiger partial charge in [-0.1, -0.05) is 126 Å². The van der Waals surface area contributed by atoms with Crippen LogP contribution in [-0.2, 0) is 20.1 Å². The first-order valence-electron chi connectivity index (χ1n) is 21.6. The number of fused-ring (bicyclic) bond motifs is 5. The Labute approximate surface area is 390 Å². The third-order valence-corrected chi connectivity index (χ3v) is 13.8. The summed E-state index contributed by atoms with van der Waals surface area (Å²) in [5.74, 6) is 1.23. The number of imidazole rings is 1. The van der Waals surface area contributed by atoms with Crippen molar-refractivity contribution in [2.24, 2.45) is 0 Å². The van der Waals surface area contributed by atoms with Crippen molar-refractivity contribution < 1.29 is 24.5 Å². The number of nitriles is 1. The van der Waals surface area contributed by atoms with Gasteiger partial charge in [-0.2, -0.15) is 5.26 Å². The van der Waals surface area contributed by atoms with E-state index in [1.807, 2.05) is 36.5 Å². The summed E-state index contributed by atoms with van der Waals surface area (Å²) >= 11 is 0. The van der Waals surface area contributed by atoms with Crippen molar-refractivity contribution >= 4 is 57.1 Å². The minimum atomic E-state index is -1.24. The number of pyridine rings is 2. The van der Waals surface area contributed by atoms with E-state index in [0.29, 0.717) is 17.0 Å². The molecule has 6 nitrogen and oxygen atoms in total. The zero-order valence-corrected chi connectivity index (χ0v) is 40.8. The Hall–Kier alpha value is -6.49. The number of hydrogen-bond acceptors (Lipinski definition) is 5. The molecule has 0 spiro atoms. The molecule has 0 atom stereocenters. The van der Waals surface area contributed by atoms with Crippen molar-refractivity contribution in [2.45, 2.75) is 66.1 Å². The minimum absolute atomic E-state index is 0. The van der Waals surface area contributed by atoms with Crippen molar-refractivity contribution in [3.8, 4) is 45.5 Å². The van der Waals surface area contributed by atoms with E-state index in [1.54, 1.807) is 6.07 Å². The Morgan fingerprint density at radius 3 is 2.12 bits per heavy atom. The van der Waals surface area contributed by atoms with Crippen molar-refractivity contribution in [2.75, 3.05) is 0 Å². The van der Waals surface area contributed by atoms with E-state index in [0.717, 1.165) is 50.1 Å². The average Bonchev–Trinajstić information content (AvgIpc) is 3.87. The topological polar surface area (TPSA) is 80.5 Å². The van der Waals surface area contributed by atoms with Crippen LogP contribution in [0.3, 0.4) is 0 Å². The minimum Gasteiger partial charge on any atom is -0.486 e. The van der Waals surface area contributed by atoms with Crippen molar-refractivity contribution in [1.82, 2.24) is 19.5 Å². The molecule has 0 bridgehead atoms. The van der Waals surface area contributed by atoms with Crippen LogP contribution in [0.4, 0.5) is 0 Å². The molecule has 4 aromatic heterocycles. The smallest absolute Gasteiger partial charge is 0.217 e. The van der Waals surface area contributed by atoms with E-state index in [1.165, 1.54) is 43.8 Å². The number of nitrogens with zero attached hydrogens (tertiary/aromatic N) is 5. The maximum atomic E-state index is 9.45. The van der Waals surface area contributed by atoms with Crippen molar-refractivity contribution in [3.63, 3.8) is 0 Å². The maximum Gasteiger partial charge on any atom is 0.217 e. The van der Waals surface area contributed by atoms with E-state index in [2.05, 4.69) is 184 Å². The van der Waals surface area contributed by atoms with Crippen LogP contribution in [-0.4, -0.2) is 27.6 Å². The van der Waals surface area contributed by atoms with Gasteiger partial charge in [-0.05, 0) is 98.2 Å². The summed E-state index contributed by atoms with van der Waals surface area (Å²) in [6.07, 6.45) is 2.02. The van der Waals surface area contributed by atoms with E-state index >= 15 is 0 Å². The molecule has 0 amide bonds. The molecule has 64 heavy (non-hydrogen) atoms. The van der Waals surface area contributed by atoms with Gasteiger partial charge < -0.3 is 14.0 Å². The van der Waals surface area contributed by atoms with Gasteiger partial charge >= 0.3 is 0 Å². The van der Waals surface area contributed by atoms with E-state index in [-0.39, 0.29) is 31.9 Å². The van der Waals surface area contributed by atoms with Crippen LogP contribution < -0.4 is 5.19 Å². The van der Waals surface area contributed by atoms with Gasteiger partial charge in [0.1, 0.15) is 11.8 Å². The molecule has 0 aliphatic heterocycles. The third-order valence-electron chi connectivity index (χ3n) is 11.8. The molecule has 0 saturated heterocycles.